The van der Waals surface area contributed by atoms with Crippen LogP contribution in [0.15, 0.2) is 22.9 Å². The SMILES string of the molecule is CC(=O)N1CCC2C(/C=C3\CCN(CC(C)C)C3=O)=C(C(=O)O)N3C(=O)[C@@H]1[C@@H]23. The van der Waals surface area contributed by atoms with Gasteiger partial charge >= 0.3 is 5.97 Å². The lowest BCUT2D eigenvalue weighted by atomic mass is 9.77. The highest BCUT2D eigenvalue weighted by molar-refractivity contribution is 6.04. The van der Waals surface area contributed by atoms with Crippen molar-refractivity contribution in [3.8, 4) is 0 Å². The van der Waals surface area contributed by atoms with Crippen molar-refractivity contribution in [2.75, 3.05) is 19.6 Å². The smallest absolute Gasteiger partial charge is 0.352 e. The third-order valence-corrected chi connectivity index (χ3v) is 6.19. The molecule has 3 amide bonds. The molecule has 3 atom stereocenters. The van der Waals surface area contributed by atoms with Gasteiger partial charge < -0.3 is 14.9 Å². The summed E-state index contributed by atoms with van der Waals surface area (Å²) in [5, 5.41) is 9.77. The van der Waals surface area contributed by atoms with E-state index in [4.69, 9.17) is 0 Å². The van der Waals surface area contributed by atoms with Gasteiger partial charge in [0.25, 0.3) is 5.91 Å². The van der Waals surface area contributed by atoms with Crippen LogP contribution in [0.5, 0.6) is 0 Å². The van der Waals surface area contributed by atoms with Gasteiger partial charge in [-0.3, -0.25) is 19.3 Å². The van der Waals surface area contributed by atoms with E-state index < -0.39 is 12.0 Å². The topological polar surface area (TPSA) is 98.2 Å². The maximum absolute atomic E-state index is 12.7. The number of amides is 3. The number of carboxylic acid groups (broad SMARTS) is 1. The number of likely N-dealkylation sites (tertiary alicyclic amines) is 2. The zero-order chi connectivity index (χ0) is 20.3. The van der Waals surface area contributed by atoms with E-state index >= 15 is 0 Å². The molecule has 0 saturated carbocycles. The average molecular weight is 387 g/mol. The summed E-state index contributed by atoms with van der Waals surface area (Å²) in [6, 6.07) is -0.912. The molecule has 4 aliphatic heterocycles. The predicted molar refractivity (Wildman–Crippen MR) is 98.7 cm³/mol. The fourth-order valence-electron chi connectivity index (χ4n) is 5.07. The molecule has 0 aromatic heterocycles. The molecule has 4 aliphatic rings. The van der Waals surface area contributed by atoms with E-state index in [1.165, 1.54) is 11.8 Å². The Morgan fingerprint density at radius 1 is 1.25 bits per heavy atom. The molecule has 0 radical (unpaired) electrons. The van der Waals surface area contributed by atoms with Gasteiger partial charge in [-0.25, -0.2) is 4.79 Å². The zero-order valence-corrected chi connectivity index (χ0v) is 16.3. The van der Waals surface area contributed by atoms with E-state index in [1.54, 1.807) is 15.9 Å². The Bertz CT molecular complexity index is 843. The molecule has 4 heterocycles. The molecule has 0 aromatic rings. The van der Waals surface area contributed by atoms with E-state index in [0.29, 0.717) is 49.5 Å². The van der Waals surface area contributed by atoms with Gasteiger partial charge in [0.15, 0.2) is 0 Å². The molecule has 4 rings (SSSR count). The standard InChI is InChI=1S/C20H25N3O5/c1-10(2)9-21-6-4-12(18(21)25)8-14-13-5-7-22(11(3)24)17-15(13)23(19(17)26)16(14)20(27)28/h8,10,13,15,17H,4-7,9H2,1-3H3,(H,27,28)/b12-8+/t13?,15-,17+/m1/s1. The Balaban J connectivity index is 1.68. The van der Waals surface area contributed by atoms with E-state index in [-0.39, 0.29) is 35.4 Å². The summed E-state index contributed by atoms with van der Waals surface area (Å²) in [7, 11) is 0. The molecule has 1 N–H and O–H groups in total. The minimum atomic E-state index is -1.16. The van der Waals surface area contributed by atoms with Gasteiger partial charge in [-0.2, -0.15) is 0 Å². The third kappa shape index (κ3) is 2.57. The lowest BCUT2D eigenvalue weighted by Gasteiger charge is -2.53. The number of nitrogens with zero attached hydrogens (tertiary/aromatic N) is 3. The van der Waals surface area contributed by atoms with Gasteiger partial charge in [0.05, 0.1) is 6.04 Å². The molecule has 1 unspecified atom stereocenters. The van der Waals surface area contributed by atoms with E-state index in [9.17, 15) is 24.3 Å². The second-order valence-corrected chi connectivity index (χ2v) is 8.42. The summed E-state index contributed by atoms with van der Waals surface area (Å²) < 4.78 is 0. The van der Waals surface area contributed by atoms with E-state index in [2.05, 4.69) is 13.8 Å². The van der Waals surface area contributed by atoms with E-state index in [0.717, 1.165) is 0 Å². The number of piperidine rings is 1. The Morgan fingerprint density at radius 3 is 2.57 bits per heavy atom. The summed E-state index contributed by atoms with van der Waals surface area (Å²) in [6.07, 6.45) is 2.88. The van der Waals surface area contributed by atoms with Crippen LogP contribution < -0.4 is 0 Å². The average Bonchev–Trinajstić information content (AvgIpc) is 3.12. The third-order valence-electron chi connectivity index (χ3n) is 6.19. The Labute approximate surface area is 163 Å². The minimum Gasteiger partial charge on any atom is -0.477 e. The minimum absolute atomic E-state index is 0.0238. The largest absolute Gasteiger partial charge is 0.477 e. The van der Waals surface area contributed by atoms with Gasteiger partial charge in [-0.15, -0.1) is 0 Å². The first-order valence-corrected chi connectivity index (χ1v) is 9.80. The highest BCUT2D eigenvalue weighted by Crippen LogP contribution is 2.49. The number of aliphatic carboxylic acids is 1. The maximum atomic E-state index is 12.7. The van der Waals surface area contributed by atoms with E-state index in [1.807, 2.05) is 0 Å². The fourth-order valence-corrected chi connectivity index (χ4v) is 5.07. The van der Waals surface area contributed by atoms with Crippen LogP contribution in [0.4, 0.5) is 0 Å². The Kier molecular flexibility index (Phi) is 4.32. The van der Waals surface area contributed by atoms with Crippen LogP contribution in [0.3, 0.4) is 0 Å². The molecule has 0 spiro atoms. The molecule has 3 fully saturated rings. The van der Waals surface area contributed by atoms with Gasteiger partial charge in [-0.05, 0) is 30.4 Å². The highest BCUT2D eigenvalue weighted by Gasteiger charge is 2.63. The second kappa shape index (κ2) is 6.46. The second-order valence-electron chi connectivity index (χ2n) is 8.42. The van der Waals surface area contributed by atoms with Crippen molar-refractivity contribution in [1.82, 2.24) is 14.7 Å². The number of carboxylic acids is 1. The number of rotatable bonds is 4. The van der Waals surface area contributed by atoms with Crippen molar-refractivity contribution >= 4 is 23.7 Å². The lowest BCUT2D eigenvalue weighted by molar-refractivity contribution is -0.168. The van der Waals surface area contributed by atoms with Crippen molar-refractivity contribution in [2.45, 2.75) is 45.7 Å². The van der Waals surface area contributed by atoms with Crippen LogP contribution >= 0.6 is 0 Å². The Morgan fingerprint density at radius 2 is 1.96 bits per heavy atom. The number of β-lactam (4-membered cyclic amide) rings is 1. The molecule has 0 bridgehead atoms. The lowest BCUT2D eigenvalue weighted by Crippen LogP contribution is -2.73. The molecule has 8 heteroatoms. The predicted octanol–water partition coefficient (Wildman–Crippen LogP) is 0.601. The zero-order valence-electron chi connectivity index (χ0n) is 16.3. The normalized spacial score (nSPS) is 30.5. The quantitative estimate of drug-likeness (QED) is 0.563. The molecule has 0 aromatic carbocycles. The fraction of sp³-hybridized carbons (Fsp3) is 0.600. The number of hydrogen-bond acceptors (Lipinski definition) is 4. The summed E-state index contributed by atoms with van der Waals surface area (Å²) in [4.78, 5) is 53.9. The van der Waals surface area contributed by atoms with Crippen LogP contribution in [0.2, 0.25) is 0 Å². The van der Waals surface area contributed by atoms with Crippen LogP contribution in [0, 0.1) is 11.8 Å². The van der Waals surface area contributed by atoms with Gasteiger partial charge in [0.1, 0.15) is 11.7 Å². The molecular weight excluding hydrogens is 362 g/mol. The van der Waals surface area contributed by atoms with Crippen molar-refractivity contribution in [2.24, 2.45) is 11.8 Å². The summed E-state index contributed by atoms with van der Waals surface area (Å²) in [6.45, 7) is 7.27. The number of carbonyl (C=O) groups excluding carboxylic acids is 3. The molecule has 28 heavy (non-hydrogen) atoms. The molecule has 0 aliphatic carbocycles. The summed E-state index contributed by atoms with van der Waals surface area (Å²) in [5.74, 6) is -1.51. The van der Waals surface area contributed by atoms with Crippen LogP contribution in [-0.2, 0) is 19.2 Å². The summed E-state index contributed by atoms with van der Waals surface area (Å²) in [5.41, 5.74) is 1.14. The van der Waals surface area contributed by atoms with Crippen LogP contribution in [0.1, 0.15) is 33.6 Å². The number of allylic oxidation sites excluding steroid dienone is 1. The molecule has 150 valence electrons. The van der Waals surface area contributed by atoms with Gasteiger partial charge in [-0.1, -0.05) is 13.8 Å². The first kappa shape index (κ1) is 18.7. The highest BCUT2D eigenvalue weighted by atomic mass is 16.4. The number of carbonyl (C=O) groups is 4. The molecule has 8 nitrogen and oxygen atoms in total. The van der Waals surface area contributed by atoms with Gasteiger partial charge in [0.2, 0.25) is 11.8 Å². The van der Waals surface area contributed by atoms with Crippen LogP contribution in [-0.4, -0.2) is 75.2 Å². The molecular formula is C20H25N3O5. The molecule has 3 saturated heterocycles. The summed E-state index contributed by atoms with van der Waals surface area (Å²) >= 11 is 0. The van der Waals surface area contributed by atoms with Gasteiger partial charge in [0, 0.05) is 38.0 Å². The first-order valence-electron chi connectivity index (χ1n) is 9.80. The van der Waals surface area contributed by atoms with Crippen molar-refractivity contribution < 1.29 is 24.3 Å². The maximum Gasteiger partial charge on any atom is 0.352 e. The van der Waals surface area contributed by atoms with Crippen molar-refractivity contribution in [1.29, 1.82) is 0 Å². The van der Waals surface area contributed by atoms with Crippen LogP contribution in [0.25, 0.3) is 0 Å². The van der Waals surface area contributed by atoms with Crippen molar-refractivity contribution in [3.05, 3.63) is 22.9 Å². The van der Waals surface area contributed by atoms with Crippen molar-refractivity contribution in [3.63, 3.8) is 0 Å². The Hall–Kier alpha value is -2.64. The monoisotopic (exact) mass is 387 g/mol. The number of hydrogen-bond donors (Lipinski definition) is 1. The first-order chi connectivity index (χ1) is 13.2.